The van der Waals surface area contributed by atoms with Crippen molar-refractivity contribution >= 4 is 17.7 Å². The number of aliphatic imine (C=N–C) groups is 1. The van der Waals surface area contributed by atoms with E-state index >= 15 is 0 Å². The summed E-state index contributed by atoms with van der Waals surface area (Å²) in [6, 6.07) is 0. The van der Waals surface area contributed by atoms with Crippen molar-refractivity contribution in [1.82, 2.24) is 5.32 Å². The average Bonchev–Trinajstić information content (AvgIpc) is 2.26. The lowest BCUT2D eigenvalue weighted by atomic mass is 9.86. The van der Waals surface area contributed by atoms with E-state index in [1.807, 2.05) is 0 Å². The van der Waals surface area contributed by atoms with Crippen molar-refractivity contribution in [3.8, 4) is 0 Å². The van der Waals surface area contributed by atoms with Crippen LogP contribution in [-0.2, 0) is 0 Å². The predicted octanol–water partition coefficient (Wildman–Crippen LogP) is 1.98. The SMILES string of the molecule is NC(=NCC1CCC1)NCC1CCCCS1. The van der Waals surface area contributed by atoms with Crippen molar-refractivity contribution in [2.75, 3.05) is 18.8 Å². The van der Waals surface area contributed by atoms with Crippen LogP contribution in [0.1, 0.15) is 38.5 Å². The van der Waals surface area contributed by atoms with Gasteiger partial charge in [-0.1, -0.05) is 12.8 Å². The topological polar surface area (TPSA) is 50.4 Å². The minimum Gasteiger partial charge on any atom is -0.370 e. The zero-order valence-electron chi connectivity index (χ0n) is 9.95. The molecule has 2 rings (SSSR count). The Morgan fingerprint density at radius 2 is 2.12 bits per heavy atom. The van der Waals surface area contributed by atoms with Crippen LogP contribution >= 0.6 is 11.8 Å². The van der Waals surface area contributed by atoms with Gasteiger partial charge in [-0.05, 0) is 37.4 Å². The van der Waals surface area contributed by atoms with Gasteiger partial charge in [0.1, 0.15) is 0 Å². The highest BCUT2D eigenvalue weighted by Crippen LogP contribution is 2.26. The highest BCUT2D eigenvalue weighted by molar-refractivity contribution is 7.99. The van der Waals surface area contributed by atoms with E-state index < -0.39 is 0 Å². The lowest BCUT2D eigenvalue weighted by Crippen LogP contribution is -2.37. The molecule has 2 aliphatic rings. The van der Waals surface area contributed by atoms with Crippen molar-refractivity contribution in [2.24, 2.45) is 16.6 Å². The predicted molar refractivity (Wildman–Crippen MR) is 71.9 cm³/mol. The summed E-state index contributed by atoms with van der Waals surface area (Å²) in [4.78, 5) is 4.40. The van der Waals surface area contributed by atoms with E-state index in [9.17, 15) is 0 Å². The van der Waals surface area contributed by atoms with Crippen molar-refractivity contribution in [3.05, 3.63) is 0 Å². The Bertz CT molecular complexity index is 232. The molecule has 2 fully saturated rings. The van der Waals surface area contributed by atoms with Gasteiger partial charge < -0.3 is 11.1 Å². The summed E-state index contributed by atoms with van der Waals surface area (Å²) in [6.45, 7) is 1.92. The Labute approximate surface area is 103 Å². The first-order chi connectivity index (χ1) is 7.84. The van der Waals surface area contributed by atoms with Crippen molar-refractivity contribution in [1.29, 1.82) is 0 Å². The van der Waals surface area contributed by atoms with Crippen LogP contribution in [0.2, 0.25) is 0 Å². The monoisotopic (exact) mass is 241 g/mol. The number of hydrogen-bond donors (Lipinski definition) is 2. The molecule has 92 valence electrons. The molecule has 1 unspecified atom stereocenters. The maximum atomic E-state index is 5.85. The fourth-order valence-corrected chi connectivity index (χ4v) is 3.38. The van der Waals surface area contributed by atoms with Gasteiger partial charge in [-0.15, -0.1) is 0 Å². The molecule has 0 spiro atoms. The molecule has 1 aliphatic heterocycles. The van der Waals surface area contributed by atoms with Crippen LogP contribution in [0.4, 0.5) is 0 Å². The second-order valence-electron chi connectivity index (χ2n) is 4.89. The average molecular weight is 241 g/mol. The highest BCUT2D eigenvalue weighted by Gasteiger charge is 2.17. The summed E-state index contributed by atoms with van der Waals surface area (Å²) >= 11 is 2.07. The molecule has 0 amide bonds. The summed E-state index contributed by atoms with van der Waals surface area (Å²) in [5.41, 5.74) is 5.85. The third-order valence-electron chi connectivity index (χ3n) is 3.53. The van der Waals surface area contributed by atoms with Crippen molar-refractivity contribution < 1.29 is 0 Å². The van der Waals surface area contributed by atoms with Gasteiger partial charge in [-0.25, -0.2) is 0 Å². The lowest BCUT2D eigenvalue weighted by Gasteiger charge is -2.24. The molecule has 0 aromatic heterocycles. The largest absolute Gasteiger partial charge is 0.370 e. The molecule has 1 heterocycles. The lowest BCUT2D eigenvalue weighted by molar-refractivity contribution is 0.326. The summed E-state index contributed by atoms with van der Waals surface area (Å²) in [5.74, 6) is 2.77. The summed E-state index contributed by atoms with van der Waals surface area (Å²) < 4.78 is 0. The maximum absolute atomic E-state index is 5.85. The molecule has 3 nitrogen and oxygen atoms in total. The smallest absolute Gasteiger partial charge is 0.188 e. The quantitative estimate of drug-likeness (QED) is 0.584. The number of thioether (sulfide) groups is 1. The van der Waals surface area contributed by atoms with Crippen LogP contribution in [0.25, 0.3) is 0 Å². The second-order valence-corrected chi connectivity index (χ2v) is 6.30. The molecular formula is C12H23N3S. The number of nitrogens with two attached hydrogens (primary N) is 1. The zero-order chi connectivity index (χ0) is 11.2. The van der Waals surface area contributed by atoms with Gasteiger partial charge >= 0.3 is 0 Å². The Balaban J connectivity index is 1.59. The summed E-state index contributed by atoms with van der Waals surface area (Å²) in [7, 11) is 0. The van der Waals surface area contributed by atoms with Gasteiger partial charge in [0.15, 0.2) is 5.96 Å². The van der Waals surface area contributed by atoms with Crippen LogP contribution in [0, 0.1) is 5.92 Å². The molecular weight excluding hydrogens is 218 g/mol. The third kappa shape index (κ3) is 3.89. The van der Waals surface area contributed by atoms with E-state index in [-0.39, 0.29) is 0 Å². The molecule has 1 aliphatic carbocycles. The van der Waals surface area contributed by atoms with Crippen molar-refractivity contribution in [3.63, 3.8) is 0 Å². The molecule has 0 bridgehead atoms. The first kappa shape index (κ1) is 12.1. The van der Waals surface area contributed by atoms with Crippen LogP contribution < -0.4 is 11.1 Å². The van der Waals surface area contributed by atoms with E-state index in [1.54, 1.807) is 0 Å². The molecule has 0 radical (unpaired) electrons. The highest BCUT2D eigenvalue weighted by atomic mass is 32.2. The van der Waals surface area contributed by atoms with Gasteiger partial charge in [-0.2, -0.15) is 11.8 Å². The van der Waals surface area contributed by atoms with Gasteiger partial charge in [0.05, 0.1) is 0 Å². The second kappa shape index (κ2) is 6.38. The number of hydrogen-bond acceptors (Lipinski definition) is 2. The van der Waals surface area contributed by atoms with Crippen molar-refractivity contribution in [2.45, 2.75) is 43.8 Å². The van der Waals surface area contributed by atoms with Gasteiger partial charge in [0.2, 0.25) is 0 Å². The molecule has 1 atom stereocenters. The normalized spacial score (nSPS) is 27.5. The van der Waals surface area contributed by atoms with Crippen LogP contribution in [-0.4, -0.2) is 30.1 Å². The standard InChI is InChI=1S/C12H23N3S/c13-12(14-8-10-4-3-5-10)15-9-11-6-1-2-7-16-11/h10-11H,1-9H2,(H3,13,14,15). The van der Waals surface area contributed by atoms with E-state index in [4.69, 9.17) is 5.73 Å². The van der Waals surface area contributed by atoms with Gasteiger partial charge in [0, 0.05) is 18.3 Å². The van der Waals surface area contributed by atoms with E-state index in [0.717, 1.165) is 24.3 Å². The molecule has 1 saturated carbocycles. The van der Waals surface area contributed by atoms with Crippen LogP contribution in [0.15, 0.2) is 4.99 Å². The number of guanidine groups is 1. The van der Waals surface area contributed by atoms with E-state index in [1.165, 1.54) is 44.3 Å². The van der Waals surface area contributed by atoms with Crippen LogP contribution in [0.3, 0.4) is 0 Å². The molecule has 16 heavy (non-hydrogen) atoms. The van der Waals surface area contributed by atoms with Gasteiger partial charge in [-0.3, -0.25) is 4.99 Å². The van der Waals surface area contributed by atoms with E-state index in [2.05, 4.69) is 22.1 Å². The first-order valence-electron chi connectivity index (χ1n) is 6.50. The summed E-state index contributed by atoms with van der Waals surface area (Å²) in [5, 5.41) is 4.00. The number of nitrogens with zero attached hydrogens (tertiary/aromatic N) is 1. The summed E-state index contributed by atoms with van der Waals surface area (Å²) in [6.07, 6.45) is 8.15. The Hall–Kier alpha value is -0.380. The molecule has 4 heteroatoms. The Kier molecular flexibility index (Phi) is 4.82. The maximum Gasteiger partial charge on any atom is 0.188 e. The fourth-order valence-electron chi connectivity index (χ4n) is 2.15. The Morgan fingerprint density at radius 1 is 1.25 bits per heavy atom. The molecule has 0 aromatic carbocycles. The fraction of sp³-hybridized carbons (Fsp3) is 0.917. The number of rotatable bonds is 4. The molecule has 3 N–H and O–H groups in total. The minimum absolute atomic E-state index is 0.651. The van der Waals surface area contributed by atoms with Crippen LogP contribution in [0.5, 0.6) is 0 Å². The van der Waals surface area contributed by atoms with Gasteiger partial charge in [0.25, 0.3) is 0 Å². The third-order valence-corrected chi connectivity index (χ3v) is 4.93. The number of nitrogens with one attached hydrogen (secondary N) is 1. The minimum atomic E-state index is 0.651. The van der Waals surface area contributed by atoms with E-state index in [0.29, 0.717) is 5.96 Å². The Morgan fingerprint density at radius 3 is 2.75 bits per heavy atom. The molecule has 1 saturated heterocycles. The zero-order valence-corrected chi connectivity index (χ0v) is 10.8. The molecule has 0 aromatic rings. The first-order valence-corrected chi connectivity index (χ1v) is 7.55.